The van der Waals surface area contributed by atoms with Crippen LogP contribution in [0.1, 0.15) is 17.3 Å². The summed E-state index contributed by atoms with van der Waals surface area (Å²) in [5.41, 5.74) is 0.864. The molecule has 0 atom stereocenters. The van der Waals surface area contributed by atoms with Crippen LogP contribution in [0.3, 0.4) is 0 Å². The first-order valence-corrected chi connectivity index (χ1v) is 5.58. The van der Waals surface area contributed by atoms with Gasteiger partial charge in [-0.1, -0.05) is 0 Å². The number of oxazole rings is 1. The van der Waals surface area contributed by atoms with Gasteiger partial charge in [0.1, 0.15) is 12.2 Å². The van der Waals surface area contributed by atoms with Crippen molar-refractivity contribution in [2.75, 3.05) is 26.2 Å². The van der Waals surface area contributed by atoms with Gasteiger partial charge in [0.05, 0.1) is 5.69 Å². The second kappa shape index (κ2) is 4.65. The maximum absolute atomic E-state index is 11.9. The lowest BCUT2D eigenvalue weighted by Gasteiger charge is -2.26. The minimum Gasteiger partial charge on any atom is -0.445 e. The van der Waals surface area contributed by atoms with E-state index in [0.717, 1.165) is 37.6 Å². The number of carbonyl (C=O) groups excluding carboxylic acids is 1. The number of hydrogen-bond donors (Lipinski definition) is 1. The smallest absolute Gasteiger partial charge is 0.232 e. The molecule has 1 aliphatic rings. The summed E-state index contributed by atoms with van der Waals surface area (Å²) in [6.07, 6.45) is 0.272. The van der Waals surface area contributed by atoms with E-state index in [1.165, 1.54) is 0 Å². The molecule has 5 nitrogen and oxygen atoms in total. The van der Waals surface area contributed by atoms with Crippen LogP contribution < -0.4 is 5.32 Å². The summed E-state index contributed by atoms with van der Waals surface area (Å²) in [5, 5.41) is 3.21. The minimum absolute atomic E-state index is 0.0998. The second-order valence-corrected chi connectivity index (χ2v) is 4.06. The molecule has 0 saturated carbocycles. The number of aryl methyl sites for hydroxylation is 2. The maximum Gasteiger partial charge on any atom is 0.232 e. The molecule has 1 fully saturated rings. The summed E-state index contributed by atoms with van der Waals surface area (Å²) in [4.78, 5) is 18.0. The average molecular weight is 223 g/mol. The van der Waals surface area contributed by atoms with Gasteiger partial charge in [-0.15, -0.1) is 0 Å². The molecule has 2 rings (SSSR count). The van der Waals surface area contributed by atoms with Crippen molar-refractivity contribution in [3.63, 3.8) is 0 Å². The van der Waals surface area contributed by atoms with E-state index in [9.17, 15) is 4.79 Å². The standard InChI is InChI=1S/C11H17N3O2/c1-8-9(2)16-10(13-8)7-11(15)14-5-3-12-4-6-14/h12H,3-7H2,1-2H3. The van der Waals surface area contributed by atoms with E-state index in [2.05, 4.69) is 10.3 Å². The summed E-state index contributed by atoms with van der Waals surface area (Å²) >= 11 is 0. The summed E-state index contributed by atoms with van der Waals surface area (Å²) < 4.78 is 5.40. The van der Waals surface area contributed by atoms with Crippen LogP contribution in [0, 0.1) is 13.8 Å². The highest BCUT2D eigenvalue weighted by Crippen LogP contribution is 2.10. The van der Waals surface area contributed by atoms with Gasteiger partial charge in [0.15, 0.2) is 0 Å². The van der Waals surface area contributed by atoms with Crippen molar-refractivity contribution in [1.82, 2.24) is 15.2 Å². The van der Waals surface area contributed by atoms with Crippen molar-refractivity contribution >= 4 is 5.91 Å². The number of piperazine rings is 1. The van der Waals surface area contributed by atoms with E-state index in [-0.39, 0.29) is 12.3 Å². The summed E-state index contributed by atoms with van der Waals surface area (Å²) in [6.45, 7) is 7.04. The molecule has 0 aromatic carbocycles. The van der Waals surface area contributed by atoms with Gasteiger partial charge in [-0.05, 0) is 13.8 Å². The summed E-state index contributed by atoms with van der Waals surface area (Å²) in [6, 6.07) is 0. The number of carbonyl (C=O) groups is 1. The van der Waals surface area contributed by atoms with Gasteiger partial charge in [0.2, 0.25) is 11.8 Å². The van der Waals surface area contributed by atoms with E-state index >= 15 is 0 Å². The fourth-order valence-electron chi connectivity index (χ4n) is 1.77. The third kappa shape index (κ3) is 2.41. The number of nitrogens with zero attached hydrogens (tertiary/aromatic N) is 2. The van der Waals surface area contributed by atoms with Gasteiger partial charge in [-0.3, -0.25) is 4.79 Å². The van der Waals surface area contributed by atoms with Crippen LogP contribution in [0.2, 0.25) is 0 Å². The number of amides is 1. The lowest BCUT2D eigenvalue weighted by atomic mass is 10.3. The second-order valence-electron chi connectivity index (χ2n) is 4.06. The van der Waals surface area contributed by atoms with Crippen LogP contribution in [0.5, 0.6) is 0 Å². The Kier molecular flexibility index (Phi) is 3.24. The molecule has 5 heteroatoms. The first kappa shape index (κ1) is 11.1. The highest BCUT2D eigenvalue weighted by atomic mass is 16.4. The molecule has 0 spiro atoms. The third-order valence-corrected chi connectivity index (χ3v) is 2.84. The van der Waals surface area contributed by atoms with Gasteiger partial charge >= 0.3 is 0 Å². The highest BCUT2D eigenvalue weighted by Gasteiger charge is 2.18. The zero-order chi connectivity index (χ0) is 11.5. The van der Waals surface area contributed by atoms with E-state index in [0.29, 0.717) is 5.89 Å². The monoisotopic (exact) mass is 223 g/mol. The van der Waals surface area contributed by atoms with Crippen molar-refractivity contribution in [1.29, 1.82) is 0 Å². The van der Waals surface area contributed by atoms with E-state index in [1.807, 2.05) is 18.7 Å². The van der Waals surface area contributed by atoms with Crippen molar-refractivity contribution in [3.05, 3.63) is 17.3 Å². The largest absolute Gasteiger partial charge is 0.445 e. The fourth-order valence-corrected chi connectivity index (χ4v) is 1.77. The molecule has 1 N–H and O–H groups in total. The van der Waals surface area contributed by atoms with Crippen LogP contribution >= 0.6 is 0 Å². The Morgan fingerprint density at radius 2 is 2.12 bits per heavy atom. The average Bonchev–Trinajstić information content (AvgIpc) is 2.59. The molecule has 2 heterocycles. The van der Waals surface area contributed by atoms with Gasteiger partial charge in [-0.25, -0.2) is 4.98 Å². The number of nitrogens with one attached hydrogen (secondary N) is 1. The van der Waals surface area contributed by atoms with Crippen molar-refractivity contribution in [2.24, 2.45) is 0 Å². The fraction of sp³-hybridized carbons (Fsp3) is 0.636. The zero-order valence-electron chi connectivity index (χ0n) is 9.75. The number of aromatic nitrogens is 1. The molecule has 1 saturated heterocycles. The highest BCUT2D eigenvalue weighted by molar-refractivity contribution is 5.77. The molecule has 1 aliphatic heterocycles. The van der Waals surface area contributed by atoms with Gasteiger partial charge in [0.25, 0.3) is 0 Å². The Hall–Kier alpha value is -1.36. The molecule has 16 heavy (non-hydrogen) atoms. The summed E-state index contributed by atoms with van der Waals surface area (Å²) in [5.74, 6) is 1.42. The van der Waals surface area contributed by atoms with Crippen LogP contribution in [0.25, 0.3) is 0 Å². The Morgan fingerprint density at radius 3 is 2.69 bits per heavy atom. The first-order valence-electron chi connectivity index (χ1n) is 5.58. The topological polar surface area (TPSA) is 58.4 Å². The predicted molar refractivity (Wildman–Crippen MR) is 59.1 cm³/mol. The third-order valence-electron chi connectivity index (χ3n) is 2.84. The van der Waals surface area contributed by atoms with E-state index in [1.54, 1.807) is 0 Å². The van der Waals surface area contributed by atoms with Crippen molar-refractivity contribution < 1.29 is 9.21 Å². The quantitative estimate of drug-likeness (QED) is 0.781. The number of hydrogen-bond acceptors (Lipinski definition) is 4. The summed E-state index contributed by atoms with van der Waals surface area (Å²) in [7, 11) is 0. The normalized spacial score (nSPS) is 16.5. The lowest BCUT2D eigenvalue weighted by Crippen LogP contribution is -2.46. The van der Waals surface area contributed by atoms with Crippen LogP contribution in [0.4, 0.5) is 0 Å². The molecule has 1 aromatic heterocycles. The lowest BCUT2D eigenvalue weighted by molar-refractivity contribution is -0.131. The first-order chi connectivity index (χ1) is 7.66. The zero-order valence-corrected chi connectivity index (χ0v) is 9.75. The molecular weight excluding hydrogens is 206 g/mol. The Morgan fingerprint density at radius 1 is 1.44 bits per heavy atom. The van der Waals surface area contributed by atoms with Gasteiger partial charge in [0, 0.05) is 26.2 Å². The minimum atomic E-state index is 0.0998. The molecule has 0 bridgehead atoms. The van der Waals surface area contributed by atoms with Gasteiger partial charge < -0.3 is 14.6 Å². The van der Waals surface area contributed by atoms with E-state index in [4.69, 9.17) is 4.42 Å². The van der Waals surface area contributed by atoms with Crippen molar-refractivity contribution in [2.45, 2.75) is 20.3 Å². The Bertz CT molecular complexity index is 361. The number of rotatable bonds is 2. The van der Waals surface area contributed by atoms with Crippen molar-refractivity contribution in [3.8, 4) is 0 Å². The Balaban J connectivity index is 1.95. The molecular formula is C11H17N3O2. The molecule has 0 radical (unpaired) electrons. The SMILES string of the molecule is Cc1nc(CC(=O)N2CCNCC2)oc1C. The van der Waals surface area contributed by atoms with Crippen LogP contribution in [-0.2, 0) is 11.2 Å². The van der Waals surface area contributed by atoms with Gasteiger partial charge in [-0.2, -0.15) is 0 Å². The van der Waals surface area contributed by atoms with Crippen LogP contribution in [-0.4, -0.2) is 42.0 Å². The van der Waals surface area contributed by atoms with E-state index < -0.39 is 0 Å². The maximum atomic E-state index is 11.9. The molecule has 0 aliphatic carbocycles. The molecule has 1 amide bonds. The predicted octanol–water partition coefficient (Wildman–Crippen LogP) is 0.266. The van der Waals surface area contributed by atoms with Crippen LogP contribution in [0.15, 0.2) is 4.42 Å². The molecule has 0 unspecified atom stereocenters. The molecule has 88 valence electrons. The Labute approximate surface area is 94.8 Å². The molecule has 1 aromatic rings.